The van der Waals surface area contributed by atoms with Crippen LogP contribution in [-0.4, -0.2) is 46.5 Å². The lowest BCUT2D eigenvalue weighted by Gasteiger charge is -2.36. The fraction of sp³-hybridized carbons (Fsp3) is 0.733. The number of aromatic amines is 1. The number of nitrogens with zero attached hydrogens (tertiary/aromatic N) is 2. The Morgan fingerprint density at radius 2 is 2.15 bits per heavy atom. The van der Waals surface area contributed by atoms with Crippen LogP contribution in [0.25, 0.3) is 0 Å². The number of carbonyl (C=O) groups is 1. The molecule has 20 heavy (non-hydrogen) atoms. The number of carbonyl (C=O) groups excluding carboxylic acids is 1. The molecule has 5 heteroatoms. The summed E-state index contributed by atoms with van der Waals surface area (Å²) in [6.45, 7) is 2.80. The fourth-order valence-corrected chi connectivity index (χ4v) is 3.05. The number of imidazole rings is 1. The van der Waals surface area contributed by atoms with E-state index in [0.29, 0.717) is 17.9 Å². The SMILES string of the molecule is O=C(C1CCC1)N1CCC(NCCc2ncc[nH]2)CC1. The summed E-state index contributed by atoms with van der Waals surface area (Å²) in [6, 6.07) is 0.551. The van der Waals surface area contributed by atoms with E-state index in [2.05, 4.69) is 20.2 Å². The number of nitrogens with one attached hydrogen (secondary N) is 2. The van der Waals surface area contributed by atoms with Crippen molar-refractivity contribution >= 4 is 5.91 Å². The first-order chi connectivity index (χ1) is 9.83. The minimum absolute atomic E-state index is 0.346. The molecule has 1 aromatic heterocycles. The van der Waals surface area contributed by atoms with Crippen LogP contribution in [0.3, 0.4) is 0 Å². The van der Waals surface area contributed by atoms with Crippen LogP contribution in [0.15, 0.2) is 12.4 Å². The molecule has 110 valence electrons. The molecule has 0 bridgehead atoms. The second kappa shape index (κ2) is 6.39. The molecule has 1 aliphatic heterocycles. The van der Waals surface area contributed by atoms with E-state index in [1.807, 2.05) is 6.20 Å². The lowest BCUT2D eigenvalue weighted by molar-refractivity contribution is -0.139. The molecule has 2 N–H and O–H groups in total. The van der Waals surface area contributed by atoms with E-state index in [0.717, 1.165) is 57.6 Å². The fourth-order valence-electron chi connectivity index (χ4n) is 3.05. The lowest BCUT2D eigenvalue weighted by Crippen LogP contribution is -2.48. The van der Waals surface area contributed by atoms with Gasteiger partial charge >= 0.3 is 0 Å². The molecule has 1 aromatic rings. The van der Waals surface area contributed by atoms with Crippen LogP contribution >= 0.6 is 0 Å². The summed E-state index contributed by atoms with van der Waals surface area (Å²) >= 11 is 0. The van der Waals surface area contributed by atoms with Gasteiger partial charge in [-0.1, -0.05) is 6.42 Å². The molecule has 3 rings (SSSR count). The molecule has 2 fully saturated rings. The summed E-state index contributed by atoms with van der Waals surface area (Å²) in [5.41, 5.74) is 0. The third-order valence-corrected chi connectivity index (χ3v) is 4.61. The molecule has 0 unspecified atom stereocenters. The topological polar surface area (TPSA) is 61.0 Å². The zero-order valence-electron chi connectivity index (χ0n) is 12.0. The van der Waals surface area contributed by atoms with Crippen molar-refractivity contribution < 1.29 is 4.79 Å². The summed E-state index contributed by atoms with van der Waals surface area (Å²) in [7, 11) is 0. The first-order valence-corrected chi connectivity index (χ1v) is 7.83. The Morgan fingerprint density at radius 1 is 1.35 bits per heavy atom. The van der Waals surface area contributed by atoms with Crippen molar-refractivity contribution in [2.24, 2.45) is 5.92 Å². The van der Waals surface area contributed by atoms with Crippen molar-refractivity contribution in [1.82, 2.24) is 20.2 Å². The van der Waals surface area contributed by atoms with Crippen molar-refractivity contribution in [1.29, 1.82) is 0 Å². The van der Waals surface area contributed by atoms with Gasteiger partial charge < -0.3 is 15.2 Å². The molecule has 1 amide bonds. The highest BCUT2D eigenvalue weighted by Crippen LogP contribution is 2.29. The van der Waals surface area contributed by atoms with Crippen LogP contribution in [0.5, 0.6) is 0 Å². The Kier molecular flexibility index (Phi) is 4.35. The number of likely N-dealkylation sites (tertiary alicyclic amines) is 1. The molecule has 1 saturated heterocycles. The van der Waals surface area contributed by atoms with Gasteiger partial charge in [-0.15, -0.1) is 0 Å². The second-order valence-corrected chi connectivity index (χ2v) is 5.97. The van der Waals surface area contributed by atoms with E-state index in [1.165, 1.54) is 6.42 Å². The average Bonchev–Trinajstić information content (AvgIpc) is 2.91. The highest BCUT2D eigenvalue weighted by atomic mass is 16.2. The van der Waals surface area contributed by atoms with Crippen molar-refractivity contribution in [3.8, 4) is 0 Å². The summed E-state index contributed by atoms with van der Waals surface area (Å²) in [5.74, 6) is 1.79. The number of piperidine rings is 1. The van der Waals surface area contributed by atoms with Gasteiger partial charge in [0.2, 0.25) is 5.91 Å². The van der Waals surface area contributed by atoms with Gasteiger partial charge in [0.15, 0.2) is 0 Å². The van der Waals surface area contributed by atoms with E-state index in [4.69, 9.17) is 0 Å². The van der Waals surface area contributed by atoms with Gasteiger partial charge in [0.1, 0.15) is 5.82 Å². The normalized spacial score (nSPS) is 20.9. The molecular weight excluding hydrogens is 252 g/mol. The average molecular weight is 276 g/mol. The largest absolute Gasteiger partial charge is 0.349 e. The summed E-state index contributed by atoms with van der Waals surface area (Å²) < 4.78 is 0. The molecule has 2 heterocycles. The smallest absolute Gasteiger partial charge is 0.225 e. The Labute approximate surface area is 120 Å². The number of H-pyrrole nitrogens is 1. The molecule has 5 nitrogen and oxygen atoms in total. The van der Waals surface area contributed by atoms with Gasteiger partial charge in [-0.2, -0.15) is 0 Å². The minimum Gasteiger partial charge on any atom is -0.349 e. The van der Waals surface area contributed by atoms with Crippen LogP contribution in [-0.2, 0) is 11.2 Å². The molecule has 2 aliphatic rings. The van der Waals surface area contributed by atoms with Crippen molar-refractivity contribution in [2.75, 3.05) is 19.6 Å². The Balaban J connectivity index is 1.34. The molecule has 0 spiro atoms. The Morgan fingerprint density at radius 3 is 2.75 bits per heavy atom. The van der Waals surface area contributed by atoms with E-state index in [9.17, 15) is 4.79 Å². The number of rotatable bonds is 5. The van der Waals surface area contributed by atoms with E-state index < -0.39 is 0 Å². The second-order valence-electron chi connectivity index (χ2n) is 5.97. The maximum Gasteiger partial charge on any atom is 0.225 e. The first kappa shape index (κ1) is 13.6. The molecule has 0 aromatic carbocycles. The van der Waals surface area contributed by atoms with Crippen LogP contribution in [0.2, 0.25) is 0 Å². The van der Waals surface area contributed by atoms with Gasteiger partial charge in [-0.05, 0) is 25.7 Å². The standard InChI is InChI=1S/C15H24N4O/c20-15(12-2-1-3-12)19-10-5-13(6-11-19)16-7-4-14-17-8-9-18-14/h8-9,12-13,16H,1-7,10-11H2,(H,17,18). The van der Waals surface area contributed by atoms with Gasteiger partial charge in [-0.3, -0.25) is 4.79 Å². The lowest BCUT2D eigenvalue weighted by atomic mass is 9.84. The zero-order chi connectivity index (χ0) is 13.8. The van der Waals surface area contributed by atoms with Gasteiger partial charge in [-0.25, -0.2) is 4.98 Å². The molecular formula is C15H24N4O. The third-order valence-electron chi connectivity index (χ3n) is 4.61. The Bertz CT molecular complexity index is 419. The van der Waals surface area contributed by atoms with Gasteiger partial charge in [0.05, 0.1) is 0 Å². The maximum atomic E-state index is 12.1. The number of hydrogen-bond donors (Lipinski definition) is 2. The minimum atomic E-state index is 0.346. The zero-order valence-corrected chi connectivity index (χ0v) is 12.0. The van der Waals surface area contributed by atoms with Crippen molar-refractivity contribution in [2.45, 2.75) is 44.6 Å². The van der Waals surface area contributed by atoms with Crippen LogP contribution in [0.4, 0.5) is 0 Å². The molecule has 1 saturated carbocycles. The molecule has 0 radical (unpaired) electrons. The molecule has 0 atom stereocenters. The summed E-state index contributed by atoms with van der Waals surface area (Å²) in [6.07, 6.45) is 10.2. The van der Waals surface area contributed by atoms with Gasteiger partial charge in [0, 0.05) is 50.4 Å². The number of aromatic nitrogens is 2. The monoisotopic (exact) mass is 276 g/mol. The van der Waals surface area contributed by atoms with Crippen molar-refractivity contribution in [3.05, 3.63) is 18.2 Å². The highest BCUT2D eigenvalue weighted by Gasteiger charge is 2.31. The predicted molar refractivity (Wildman–Crippen MR) is 77.2 cm³/mol. The highest BCUT2D eigenvalue weighted by molar-refractivity contribution is 5.79. The van der Waals surface area contributed by atoms with Crippen LogP contribution < -0.4 is 5.32 Å². The van der Waals surface area contributed by atoms with Crippen molar-refractivity contribution in [3.63, 3.8) is 0 Å². The maximum absolute atomic E-state index is 12.1. The van der Waals surface area contributed by atoms with Gasteiger partial charge in [0.25, 0.3) is 0 Å². The van der Waals surface area contributed by atoms with E-state index in [-0.39, 0.29) is 0 Å². The van der Waals surface area contributed by atoms with E-state index in [1.54, 1.807) is 6.20 Å². The predicted octanol–water partition coefficient (Wildman–Crippen LogP) is 1.33. The number of amides is 1. The first-order valence-electron chi connectivity index (χ1n) is 7.83. The third kappa shape index (κ3) is 3.20. The number of hydrogen-bond acceptors (Lipinski definition) is 3. The Hall–Kier alpha value is -1.36. The van der Waals surface area contributed by atoms with Crippen LogP contribution in [0, 0.1) is 5.92 Å². The summed E-state index contributed by atoms with van der Waals surface area (Å²) in [5, 5.41) is 3.58. The van der Waals surface area contributed by atoms with E-state index >= 15 is 0 Å². The quantitative estimate of drug-likeness (QED) is 0.853. The van der Waals surface area contributed by atoms with Crippen LogP contribution in [0.1, 0.15) is 37.9 Å². The summed E-state index contributed by atoms with van der Waals surface area (Å²) in [4.78, 5) is 21.6. The molecule has 1 aliphatic carbocycles.